The first-order valence-electron chi connectivity index (χ1n) is 9.31. The van der Waals surface area contributed by atoms with Gasteiger partial charge in [-0.05, 0) is 36.7 Å². The smallest absolute Gasteiger partial charge is 0.243 e. The molecule has 0 aliphatic heterocycles. The van der Waals surface area contributed by atoms with Crippen LogP contribution in [0.5, 0.6) is 0 Å². The molecule has 0 bridgehead atoms. The Bertz CT molecular complexity index is 565. The third-order valence-corrected chi connectivity index (χ3v) is 5.22. The summed E-state index contributed by atoms with van der Waals surface area (Å²) in [4.78, 5) is 17.9. The first kappa shape index (κ1) is 22.7. The quantitative estimate of drug-likeness (QED) is 0.348. The molecule has 1 aliphatic carbocycles. The van der Waals surface area contributed by atoms with Gasteiger partial charge in [0, 0.05) is 27.2 Å². The minimum Gasteiger partial charge on any atom is -0.356 e. The molecule has 0 unspecified atom stereocenters. The molecule has 0 heterocycles. The fourth-order valence-electron chi connectivity index (χ4n) is 3.04. The van der Waals surface area contributed by atoms with E-state index in [0.717, 1.165) is 25.5 Å². The molecule has 2 rings (SSSR count). The van der Waals surface area contributed by atoms with Crippen LogP contribution in [-0.2, 0) is 11.2 Å². The lowest BCUT2D eigenvalue weighted by Gasteiger charge is -2.41. The molecule has 0 saturated heterocycles. The summed E-state index contributed by atoms with van der Waals surface area (Å²) in [7, 11) is 3.52. The molecule has 5 nitrogen and oxygen atoms in total. The molecule has 6 heteroatoms. The molecule has 0 radical (unpaired) electrons. The largest absolute Gasteiger partial charge is 0.356 e. The summed E-state index contributed by atoms with van der Waals surface area (Å²) in [5.41, 5.74) is 1.70. The molecule has 1 saturated carbocycles. The first-order chi connectivity index (χ1) is 12.0. The van der Waals surface area contributed by atoms with Crippen LogP contribution in [-0.4, -0.2) is 50.5 Å². The van der Waals surface area contributed by atoms with Crippen LogP contribution < -0.4 is 10.6 Å². The molecule has 0 atom stereocenters. The van der Waals surface area contributed by atoms with E-state index in [0.29, 0.717) is 5.41 Å². The van der Waals surface area contributed by atoms with E-state index in [4.69, 9.17) is 0 Å². The second-order valence-corrected chi connectivity index (χ2v) is 7.18. The second-order valence-electron chi connectivity index (χ2n) is 7.18. The van der Waals surface area contributed by atoms with Gasteiger partial charge in [0.25, 0.3) is 0 Å². The Labute approximate surface area is 175 Å². The summed E-state index contributed by atoms with van der Waals surface area (Å²) in [6, 6.07) is 10.4. The third kappa shape index (κ3) is 7.13. The van der Waals surface area contributed by atoms with Crippen molar-refractivity contribution < 1.29 is 4.79 Å². The van der Waals surface area contributed by atoms with Crippen molar-refractivity contribution in [2.24, 2.45) is 10.4 Å². The number of guanidine groups is 1. The van der Waals surface area contributed by atoms with E-state index in [1.165, 1.54) is 31.2 Å². The lowest BCUT2D eigenvalue weighted by atomic mass is 9.67. The zero-order valence-corrected chi connectivity index (χ0v) is 18.6. The molecular weight excluding hydrogens is 439 g/mol. The Kier molecular flexibility index (Phi) is 9.98. The maximum Gasteiger partial charge on any atom is 0.243 e. The fraction of sp³-hybridized carbons (Fsp3) is 0.600. The van der Waals surface area contributed by atoms with Crippen molar-refractivity contribution in [2.75, 3.05) is 33.7 Å². The lowest BCUT2D eigenvalue weighted by Crippen LogP contribution is -2.47. The number of hydrogen-bond donors (Lipinski definition) is 2. The molecule has 0 aromatic heterocycles. The van der Waals surface area contributed by atoms with Crippen LogP contribution in [0.25, 0.3) is 0 Å². The van der Waals surface area contributed by atoms with Crippen molar-refractivity contribution in [3.05, 3.63) is 35.9 Å². The maximum absolute atomic E-state index is 11.8. The van der Waals surface area contributed by atoms with Gasteiger partial charge in [0.1, 0.15) is 6.54 Å². The molecule has 1 fully saturated rings. The van der Waals surface area contributed by atoms with Crippen LogP contribution in [0.4, 0.5) is 0 Å². The predicted molar refractivity (Wildman–Crippen MR) is 119 cm³/mol. The van der Waals surface area contributed by atoms with Gasteiger partial charge in [-0.2, -0.15) is 0 Å². The van der Waals surface area contributed by atoms with Gasteiger partial charge in [-0.25, -0.2) is 4.99 Å². The van der Waals surface area contributed by atoms with Crippen molar-refractivity contribution in [3.63, 3.8) is 0 Å². The van der Waals surface area contributed by atoms with E-state index in [9.17, 15) is 4.79 Å². The highest BCUT2D eigenvalue weighted by molar-refractivity contribution is 14.0. The number of carbonyl (C=O) groups is 1. The average Bonchev–Trinajstić information content (AvgIpc) is 2.58. The fourth-order valence-corrected chi connectivity index (χ4v) is 3.04. The molecule has 2 N–H and O–H groups in total. The van der Waals surface area contributed by atoms with Crippen molar-refractivity contribution in [3.8, 4) is 0 Å². The zero-order valence-electron chi connectivity index (χ0n) is 16.3. The highest BCUT2D eigenvalue weighted by Crippen LogP contribution is 2.42. The maximum atomic E-state index is 11.8. The number of aliphatic imine (C=N–C) groups is 1. The van der Waals surface area contributed by atoms with Crippen molar-refractivity contribution >= 4 is 35.8 Å². The van der Waals surface area contributed by atoms with Gasteiger partial charge in [0.15, 0.2) is 5.96 Å². The predicted octanol–water partition coefficient (Wildman–Crippen LogP) is 3.05. The van der Waals surface area contributed by atoms with Crippen molar-refractivity contribution in [1.29, 1.82) is 0 Å². The van der Waals surface area contributed by atoms with Gasteiger partial charge in [-0.3, -0.25) is 4.79 Å². The topological polar surface area (TPSA) is 56.7 Å². The van der Waals surface area contributed by atoms with E-state index in [-0.39, 0.29) is 36.4 Å². The molecular formula is C20H33IN4O. The van der Waals surface area contributed by atoms with Crippen LogP contribution in [0.2, 0.25) is 0 Å². The number of amides is 1. The zero-order chi connectivity index (χ0) is 18.1. The lowest BCUT2D eigenvalue weighted by molar-refractivity contribution is -0.127. The molecule has 1 aromatic rings. The van der Waals surface area contributed by atoms with Gasteiger partial charge in [0.05, 0.1) is 0 Å². The Morgan fingerprint density at radius 2 is 1.88 bits per heavy atom. The number of benzene rings is 1. The average molecular weight is 472 g/mol. The van der Waals surface area contributed by atoms with E-state index in [1.807, 2.05) is 6.07 Å². The van der Waals surface area contributed by atoms with Crippen LogP contribution >= 0.6 is 24.0 Å². The monoisotopic (exact) mass is 472 g/mol. The van der Waals surface area contributed by atoms with Crippen LogP contribution in [0.15, 0.2) is 35.3 Å². The van der Waals surface area contributed by atoms with E-state index < -0.39 is 0 Å². The van der Waals surface area contributed by atoms with Gasteiger partial charge < -0.3 is 15.5 Å². The van der Waals surface area contributed by atoms with Crippen LogP contribution in [0, 0.1) is 5.41 Å². The summed E-state index contributed by atoms with van der Waals surface area (Å²) < 4.78 is 0. The minimum absolute atomic E-state index is 0. The number of halogens is 1. The summed E-state index contributed by atoms with van der Waals surface area (Å²) in [6.07, 6.45) is 6.01. The highest BCUT2D eigenvalue weighted by atomic mass is 127. The van der Waals surface area contributed by atoms with Crippen molar-refractivity contribution in [2.45, 2.75) is 39.0 Å². The number of likely N-dealkylation sites (N-methyl/N-ethyl adjacent to an activating group) is 1. The highest BCUT2D eigenvalue weighted by Gasteiger charge is 2.34. The van der Waals surface area contributed by atoms with E-state index in [2.05, 4.69) is 46.8 Å². The molecule has 0 spiro atoms. The van der Waals surface area contributed by atoms with E-state index >= 15 is 0 Å². The summed E-state index contributed by atoms with van der Waals surface area (Å²) in [6.45, 7) is 4.16. The molecule has 1 aromatic carbocycles. The van der Waals surface area contributed by atoms with Gasteiger partial charge in [-0.1, -0.05) is 43.7 Å². The van der Waals surface area contributed by atoms with Gasteiger partial charge >= 0.3 is 0 Å². The standard InChI is InChI=1S/C20H32N4O.HI/c1-4-20(12-8-13-20)16-23-19(22-15-18(25)24(2)3)21-14-11-17-9-6-5-7-10-17;/h5-7,9-10H,4,8,11-16H2,1-3H3,(H2,21,22,23);1H. The first-order valence-corrected chi connectivity index (χ1v) is 9.31. The van der Waals surface area contributed by atoms with E-state index in [1.54, 1.807) is 19.0 Å². The third-order valence-electron chi connectivity index (χ3n) is 5.22. The molecule has 1 aliphatic rings. The Morgan fingerprint density at radius 3 is 2.42 bits per heavy atom. The molecule has 1 amide bonds. The van der Waals surface area contributed by atoms with Gasteiger partial charge in [0.2, 0.25) is 5.91 Å². The van der Waals surface area contributed by atoms with Crippen molar-refractivity contribution in [1.82, 2.24) is 15.5 Å². The Morgan fingerprint density at radius 1 is 1.19 bits per heavy atom. The Balaban J connectivity index is 0.00000338. The summed E-state index contributed by atoms with van der Waals surface area (Å²) in [5, 5.41) is 6.84. The number of nitrogens with zero attached hydrogens (tertiary/aromatic N) is 2. The minimum atomic E-state index is 0. The number of carbonyl (C=O) groups excluding carboxylic acids is 1. The van der Waals surface area contributed by atoms with Crippen LogP contribution in [0.3, 0.4) is 0 Å². The van der Waals surface area contributed by atoms with Crippen LogP contribution in [0.1, 0.15) is 38.2 Å². The number of rotatable bonds is 8. The summed E-state index contributed by atoms with van der Waals surface area (Å²) >= 11 is 0. The molecule has 146 valence electrons. The number of hydrogen-bond acceptors (Lipinski definition) is 2. The molecule has 26 heavy (non-hydrogen) atoms. The SMILES string of the molecule is CCC1(CNC(=NCC(=O)N(C)C)NCCc2ccccc2)CCC1.I. The normalized spacial score (nSPS) is 15.4. The number of nitrogens with one attached hydrogen (secondary N) is 2. The summed E-state index contributed by atoms with van der Waals surface area (Å²) in [5.74, 6) is 0.754. The van der Waals surface area contributed by atoms with Gasteiger partial charge in [-0.15, -0.1) is 24.0 Å². The second kappa shape index (κ2) is 11.4. The Hall–Kier alpha value is -1.31.